The predicted molar refractivity (Wildman–Crippen MR) is 129 cm³/mol. The quantitative estimate of drug-likeness (QED) is 0.421. The van der Waals surface area contributed by atoms with Gasteiger partial charge in [0.1, 0.15) is 18.3 Å². The first-order chi connectivity index (χ1) is 17.3. The zero-order valence-electron chi connectivity index (χ0n) is 20.6. The number of ether oxygens (including phenoxy) is 3. The number of aromatic nitrogens is 3. The normalized spacial score (nSPS) is 29.2. The highest BCUT2D eigenvalue weighted by atomic mass is 16.8. The lowest BCUT2D eigenvalue weighted by atomic mass is 9.99. The number of nitrogens with zero attached hydrogens (tertiary/aromatic N) is 4. The Morgan fingerprint density at radius 2 is 1.86 bits per heavy atom. The second-order valence-electron chi connectivity index (χ2n) is 9.53. The molecule has 0 spiro atoms. The number of fused-ring (bicyclic) bond motifs is 3. The molecule has 3 N–H and O–H groups in total. The van der Waals surface area contributed by atoms with Crippen LogP contribution in [0.4, 0.5) is 0 Å². The van der Waals surface area contributed by atoms with Crippen LogP contribution in [-0.2, 0) is 21.3 Å². The molecular weight excluding hydrogens is 468 g/mol. The molecule has 2 saturated heterocycles. The second-order valence-corrected chi connectivity index (χ2v) is 9.53. The number of likely N-dealkylation sites (tertiary alicyclic amines) is 1. The lowest BCUT2D eigenvalue weighted by Crippen LogP contribution is -2.60. The monoisotopic (exact) mass is 500 g/mol. The first-order valence-electron chi connectivity index (χ1n) is 12.3. The Hall–Kier alpha value is -2.83. The van der Waals surface area contributed by atoms with Crippen LogP contribution in [0.5, 0.6) is 5.88 Å². The van der Waals surface area contributed by atoms with Gasteiger partial charge < -0.3 is 29.7 Å². The maximum Gasteiger partial charge on any atom is 0.305 e. The molecule has 2 aliphatic heterocycles. The minimum Gasteiger partial charge on any atom is -0.444 e. The van der Waals surface area contributed by atoms with Crippen molar-refractivity contribution in [1.82, 2.24) is 19.7 Å². The fourth-order valence-electron chi connectivity index (χ4n) is 5.20. The maximum absolute atomic E-state index is 11.4. The molecule has 1 aromatic carbocycles. The standard InChI is InChI=1S/C25H32N4O7/c1-4-10-29-11-9-14(12-29)18-17-15-7-5-6-8-16(15)23(26-22(17)28(3)27-18)35-25-21(33)19(31)20(32)24(36-25)34-13(2)30/h5-8,14,19-21,24-25,31-33H,4,9-12H2,1-3H3/t14?,19-,20+,21-,24-,25+/m1/s1. The zero-order valence-corrected chi connectivity index (χ0v) is 20.6. The largest absolute Gasteiger partial charge is 0.444 e. The Labute approximate surface area is 208 Å². The van der Waals surface area contributed by atoms with E-state index >= 15 is 0 Å². The molecule has 0 aliphatic carbocycles. The molecule has 2 aliphatic rings. The van der Waals surface area contributed by atoms with E-state index in [1.807, 2.05) is 31.3 Å². The van der Waals surface area contributed by atoms with E-state index in [-0.39, 0.29) is 5.88 Å². The number of carbonyl (C=O) groups is 1. The Bertz CT molecular complexity index is 1260. The summed E-state index contributed by atoms with van der Waals surface area (Å²) in [4.78, 5) is 18.6. The third-order valence-electron chi connectivity index (χ3n) is 6.91. The summed E-state index contributed by atoms with van der Waals surface area (Å²) < 4.78 is 18.2. The predicted octanol–water partition coefficient (Wildman–Crippen LogP) is 1.03. The summed E-state index contributed by atoms with van der Waals surface area (Å²) in [6, 6.07) is 7.63. The minimum absolute atomic E-state index is 0.167. The molecule has 0 radical (unpaired) electrons. The molecule has 2 aromatic heterocycles. The average Bonchev–Trinajstić information content (AvgIpc) is 3.45. The molecule has 11 nitrogen and oxygen atoms in total. The van der Waals surface area contributed by atoms with Crippen molar-refractivity contribution >= 4 is 27.8 Å². The molecule has 5 rings (SSSR count). The molecule has 0 bridgehead atoms. The van der Waals surface area contributed by atoms with Crippen molar-refractivity contribution in [3.8, 4) is 5.88 Å². The molecule has 3 aromatic rings. The van der Waals surface area contributed by atoms with E-state index in [1.165, 1.54) is 0 Å². The highest BCUT2D eigenvalue weighted by molar-refractivity contribution is 6.08. The fraction of sp³-hybridized carbons (Fsp3) is 0.560. The second kappa shape index (κ2) is 9.91. The third kappa shape index (κ3) is 4.41. The number of aryl methyl sites for hydroxylation is 1. The SMILES string of the molecule is CCCN1CCC(c2nn(C)c3nc(O[C@H]4O[C@@H](OC(C)=O)[C@@H](O)[C@@H](O)[C@H]4O)c4ccccc4c23)C1. The van der Waals surface area contributed by atoms with E-state index in [9.17, 15) is 20.1 Å². The molecule has 11 heteroatoms. The molecule has 6 atom stereocenters. The summed E-state index contributed by atoms with van der Waals surface area (Å²) in [7, 11) is 1.83. The Morgan fingerprint density at radius 1 is 1.14 bits per heavy atom. The molecule has 36 heavy (non-hydrogen) atoms. The van der Waals surface area contributed by atoms with Gasteiger partial charge in [-0.05, 0) is 37.4 Å². The maximum atomic E-state index is 11.4. The smallest absolute Gasteiger partial charge is 0.305 e. The van der Waals surface area contributed by atoms with Crippen molar-refractivity contribution in [3.05, 3.63) is 30.0 Å². The third-order valence-corrected chi connectivity index (χ3v) is 6.91. The Kier molecular flexibility index (Phi) is 6.84. The lowest BCUT2D eigenvalue weighted by molar-refractivity contribution is -0.324. The topological polar surface area (TPSA) is 139 Å². The number of pyridine rings is 1. The minimum atomic E-state index is -1.65. The van der Waals surface area contributed by atoms with Crippen molar-refractivity contribution in [2.45, 2.75) is 63.5 Å². The van der Waals surface area contributed by atoms with Crippen LogP contribution in [0, 0.1) is 0 Å². The molecule has 0 saturated carbocycles. The van der Waals surface area contributed by atoms with Gasteiger partial charge in [-0.15, -0.1) is 0 Å². The van der Waals surface area contributed by atoms with Crippen LogP contribution in [0.3, 0.4) is 0 Å². The van der Waals surface area contributed by atoms with Crippen LogP contribution in [0.15, 0.2) is 24.3 Å². The Balaban J connectivity index is 1.53. The molecule has 2 fully saturated rings. The summed E-state index contributed by atoms with van der Waals surface area (Å²) in [5, 5.41) is 38.4. The molecular formula is C25H32N4O7. The van der Waals surface area contributed by atoms with E-state index in [2.05, 4.69) is 11.8 Å². The highest BCUT2D eigenvalue weighted by Crippen LogP contribution is 2.38. The van der Waals surface area contributed by atoms with E-state index in [0.717, 1.165) is 55.9 Å². The summed E-state index contributed by atoms with van der Waals surface area (Å²) >= 11 is 0. The number of hydrogen-bond donors (Lipinski definition) is 3. The van der Waals surface area contributed by atoms with E-state index < -0.39 is 36.9 Å². The molecule has 194 valence electrons. The van der Waals surface area contributed by atoms with Crippen LogP contribution < -0.4 is 4.74 Å². The van der Waals surface area contributed by atoms with Crippen molar-refractivity contribution in [2.75, 3.05) is 19.6 Å². The lowest BCUT2D eigenvalue weighted by Gasteiger charge is -2.39. The van der Waals surface area contributed by atoms with Crippen LogP contribution >= 0.6 is 0 Å². The van der Waals surface area contributed by atoms with Crippen LogP contribution in [0.2, 0.25) is 0 Å². The van der Waals surface area contributed by atoms with Gasteiger partial charge in [-0.1, -0.05) is 25.1 Å². The number of carbonyl (C=O) groups excluding carboxylic acids is 1. The van der Waals surface area contributed by atoms with E-state index in [4.69, 9.17) is 24.3 Å². The summed E-state index contributed by atoms with van der Waals surface area (Å²) in [6.45, 7) is 6.39. The average molecular weight is 501 g/mol. The molecule has 4 heterocycles. The first kappa shape index (κ1) is 24.8. The van der Waals surface area contributed by atoms with Crippen molar-refractivity contribution in [3.63, 3.8) is 0 Å². The van der Waals surface area contributed by atoms with Gasteiger partial charge in [0.15, 0.2) is 5.65 Å². The van der Waals surface area contributed by atoms with Crippen molar-refractivity contribution in [2.24, 2.45) is 7.05 Å². The fourth-order valence-corrected chi connectivity index (χ4v) is 5.20. The number of aliphatic hydroxyl groups excluding tert-OH is 3. The van der Waals surface area contributed by atoms with Gasteiger partial charge in [0.05, 0.1) is 11.1 Å². The molecule has 1 unspecified atom stereocenters. The number of aliphatic hydroxyl groups is 3. The van der Waals surface area contributed by atoms with Crippen LogP contribution in [0.25, 0.3) is 21.8 Å². The van der Waals surface area contributed by atoms with Gasteiger partial charge in [0.2, 0.25) is 18.5 Å². The number of esters is 1. The van der Waals surface area contributed by atoms with Crippen LogP contribution in [0.1, 0.15) is 38.3 Å². The number of benzene rings is 1. The highest BCUT2D eigenvalue weighted by Gasteiger charge is 2.47. The van der Waals surface area contributed by atoms with Gasteiger partial charge >= 0.3 is 5.97 Å². The van der Waals surface area contributed by atoms with Crippen molar-refractivity contribution < 1.29 is 34.3 Å². The van der Waals surface area contributed by atoms with Gasteiger partial charge in [0, 0.05) is 31.8 Å². The Morgan fingerprint density at radius 3 is 2.58 bits per heavy atom. The van der Waals surface area contributed by atoms with Gasteiger partial charge in [-0.2, -0.15) is 10.1 Å². The van der Waals surface area contributed by atoms with Gasteiger partial charge in [-0.3, -0.25) is 14.2 Å². The van der Waals surface area contributed by atoms with Crippen LogP contribution in [-0.4, -0.2) is 91.5 Å². The molecule has 0 amide bonds. The van der Waals surface area contributed by atoms with E-state index in [0.29, 0.717) is 17.0 Å². The van der Waals surface area contributed by atoms with E-state index in [1.54, 1.807) is 4.68 Å². The number of rotatable bonds is 6. The summed E-state index contributed by atoms with van der Waals surface area (Å²) in [5.74, 6) is -0.249. The number of hydrogen-bond acceptors (Lipinski definition) is 10. The first-order valence-corrected chi connectivity index (χ1v) is 12.3. The zero-order chi connectivity index (χ0) is 25.6. The summed E-state index contributed by atoms with van der Waals surface area (Å²) in [6.07, 6.45) is -5.69. The van der Waals surface area contributed by atoms with Crippen molar-refractivity contribution in [1.29, 1.82) is 0 Å². The summed E-state index contributed by atoms with van der Waals surface area (Å²) in [5.41, 5.74) is 1.62. The van der Waals surface area contributed by atoms with Gasteiger partial charge in [-0.25, -0.2) is 0 Å². The van der Waals surface area contributed by atoms with Gasteiger partial charge in [0.25, 0.3) is 0 Å².